The minimum Gasteiger partial charge on any atom is -0.393 e. The molecule has 0 aliphatic heterocycles. The van der Waals surface area contributed by atoms with E-state index in [1.807, 2.05) is 0 Å². The van der Waals surface area contributed by atoms with Crippen LogP contribution in [0.15, 0.2) is 36.4 Å². The lowest BCUT2D eigenvalue weighted by atomic mass is 10.1. The van der Waals surface area contributed by atoms with Crippen LogP contribution in [0.2, 0.25) is 0 Å². The quantitative estimate of drug-likeness (QED) is 0.794. The number of rotatable bonds is 6. The molecule has 1 amide bonds. The normalized spacial score (nSPS) is 13.9. The molecule has 0 aromatic heterocycles. The van der Waals surface area contributed by atoms with Gasteiger partial charge in [0.2, 0.25) is 5.91 Å². The van der Waals surface area contributed by atoms with Crippen molar-refractivity contribution < 1.29 is 23.1 Å². The molecule has 3 nitrogen and oxygen atoms in total. The van der Waals surface area contributed by atoms with Crippen LogP contribution < -0.4 is 5.32 Å². The topological polar surface area (TPSA) is 49.3 Å². The molecule has 116 valence electrons. The van der Waals surface area contributed by atoms with Crippen molar-refractivity contribution in [1.82, 2.24) is 5.32 Å². The average Bonchev–Trinajstić information content (AvgIpc) is 2.44. The van der Waals surface area contributed by atoms with Crippen molar-refractivity contribution in [1.29, 1.82) is 0 Å². The summed E-state index contributed by atoms with van der Waals surface area (Å²) in [4.78, 5) is 11.6. The van der Waals surface area contributed by atoms with E-state index >= 15 is 0 Å². The van der Waals surface area contributed by atoms with Gasteiger partial charge in [-0.15, -0.1) is 0 Å². The summed E-state index contributed by atoms with van der Waals surface area (Å²) in [5.74, 6) is -0.825. The number of hydrogen-bond donors (Lipinski definition) is 2. The summed E-state index contributed by atoms with van der Waals surface area (Å²) in [6.45, 7) is 1.91. The number of benzene rings is 1. The Morgan fingerprint density at radius 2 is 1.95 bits per heavy atom. The van der Waals surface area contributed by atoms with E-state index in [-0.39, 0.29) is 12.1 Å². The summed E-state index contributed by atoms with van der Waals surface area (Å²) in [5.41, 5.74) is -1.05. The molecule has 2 N–H and O–H groups in total. The Bertz CT molecular complexity index is 483. The number of aliphatic hydroxyl groups is 1. The summed E-state index contributed by atoms with van der Waals surface area (Å²) in [7, 11) is 0. The van der Waals surface area contributed by atoms with Crippen molar-refractivity contribution in [2.24, 2.45) is 0 Å². The first kappa shape index (κ1) is 17.2. The lowest BCUT2D eigenvalue weighted by Gasteiger charge is -2.12. The minimum atomic E-state index is -4.61. The predicted octanol–water partition coefficient (Wildman–Crippen LogP) is 2.91. The third-order valence-corrected chi connectivity index (χ3v) is 2.91. The molecule has 1 aromatic carbocycles. The molecule has 0 fully saturated rings. The Morgan fingerprint density at radius 3 is 2.48 bits per heavy atom. The molecule has 0 saturated heterocycles. The number of hydrogen-bond acceptors (Lipinski definition) is 2. The van der Waals surface area contributed by atoms with Crippen molar-refractivity contribution >= 4 is 11.5 Å². The number of halogens is 3. The highest BCUT2D eigenvalue weighted by molar-refractivity contribution is 5.96. The van der Waals surface area contributed by atoms with Gasteiger partial charge >= 0.3 is 6.18 Å². The second kappa shape index (κ2) is 7.83. The number of carbonyl (C=O) groups excluding carboxylic acids is 1. The first-order valence-corrected chi connectivity index (χ1v) is 6.64. The van der Waals surface area contributed by atoms with Crippen LogP contribution in [0.3, 0.4) is 0 Å². The van der Waals surface area contributed by atoms with Crippen LogP contribution in [0.25, 0.3) is 5.57 Å². The highest BCUT2D eigenvalue weighted by atomic mass is 19.4. The van der Waals surface area contributed by atoms with Gasteiger partial charge in [0.25, 0.3) is 0 Å². The van der Waals surface area contributed by atoms with E-state index in [4.69, 9.17) is 0 Å². The Labute approximate surface area is 121 Å². The molecular formula is C15H18F3NO2. The van der Waals surface area contributed by atoms with Crippen LogP contribution >= 0.6 is 0 Å². The van der Waals surface area contributed by atoms with Gasteiger partial charge in [-0.2, -0.15) is 13.2 Å². The van der Waals surface area contributed by atoms with Crippen molar-refractivity contribution in [3.8, 4) is 0 Å². The van der Waals surface area contributed by atoms with Crippen LogP contribution in [-0.2, 0) is 4.79 Å². The maximum absolute atomic E-state index is 13.0. The number of aliphatic hydroxyl groups excluding tert-OH is 1. The van der Waals surface area contributed by atoms with E-state index in [9.17, 15) is 23.1 Å². The second-order valence-electron chi connectivity index (χ2n) is 4.56. The molecule has 1 rings (SSSR count). The largest absolute Gasteiger partial charge is 0.417 e. The SMILES string of the molecule is CCC(O)CCNC(=O)/C=C(/c1ccccc1)C(F)(F)F. The zero-order chi connectivity index (χ0) is 15.9. The highest BCUT2D eigenvalue weighted by Gasteiger charge is 2.35. The highest BCUT2D eigenvalue weighted by Crippen LogP contribution is 2.33. The molecule has 6 heteroatoms. The van der Waals surface area contributed by atoms with Gasteiger partial charge < -0.3 is 10.4 Å². The summed E-state index contributed by atoms with van der Waals surface area (Å²) in [6.07, 6.45) is -3.79. The van der Waals surface area contributed by atoms with E-state index in [1.165, 1.54) is 24.3 Å². The molecule has 0 saturated carbocycles. The minimum absolute atomic E-state index is 0.0613. The Balaban J connectivity index is 2.78. The van der Waals surface area contributed by atoms with Crippen molar-refractivity contribution in [2.45, 2.75) is 32.0 Å². The molecule has 1 unspecified atom stereocenters. The first-order valence-electron chi connectivity index (χ1n) is 6.64. The molecule has 21 heavy (non-hydrogen) atoms. The van der Waals surface area contributed by atoms with Crippen LogP contribution in [0.1, 0.15) is 25.3 Å². The Kier molecular flexibility index (Phi) is 6.42. The predicted molar refractivity (Wildman–Crippen MR) is 74.4 cm³/mol. The van der Waals surface area contributed by atoms with Gasteiger partial charge in [0.05, 0.1) is 11.7 Å². The van der Waals surface area contributed by atoms with Gasteiger partial charge in [-0.3, -0.25) is 4.79 Å². The van der Waals surface area contributed by atoms with Gasteiger partial charge in [0.1, 0.15) is 0 Å². The standard InChI is InChI=1S/C15H18F3NO2/c1-2-12(20)8-9-19-14(21)10-13(15(16,17)18)11-6-4-3-5-7-11/h3-7,10,12,20H,2,8-9H2,1H3,(H,19,21)/b13-10-. The maximum Gasteiger partial charge on any atom is 0.417 e. The number of carbonyl (C=O) groups is 1. The third kappa shape index (κ3) is 5.99. The lowest BCUT2D eigenvalue weighted by Crippen LogP contribution is -2.26. The van der Waals surface area contributed by atoms with E-state index in [1.54, 1.807) is 13.0 Å². The second-order valence-corrected chi connectivity index (χ2v) is 4.56. The van der Waals surface area contributed by atoms with Gasteiger partial charge in [-0.25, -0.2) is 0 Å². The molecular weight excluding hydrogens is 283 g/mol. The average molecular weight is 301 g/mol. The fraction of sp³-hybridized carbons (Fsp3) is 0.400. The van der Waals surface area contributed by atoms with E-state index in [2.05, 4.69) is 5.32 Å². The number of amides is 1. The molecule has 0 spiro atoms. The monoisotopic (exact) mass is 301 g/mol. The maximum atomic E-state index is 13.0. The molecule has 0 heterocycles. The number of nitrogens with one attached hydrogen (secondary N) is 1. The molecule has 0 radical (unpaired) electrons. The van der Waals surface area contributed by atoms with E-state index < -0.39 is 23.8 Å². The number of alkyl halides is 3. The summed E-state index contributed by atoms with van der Waals surface area (Å²) < 4.78 is 38.9. The Morgan fingerprint density at radius 1 is 1.33 bits per heavy atom. The molecule has 0 aliphatic carbocycles. The van der Waals surface area contributed by atoms with Gasteiger partial charge in [0.15, 0.2) is 0 Å². The van der Waals surface area contributed by atoms with E-state index in [0.29, 0.717) is 18.9 Å². The third-order valence-electron chi connectivity index (χ3n) is 2.91. The van der Waals surface area contributed by atoms with Crippen LogP contribution in [0.4, 0.5) is 13.2 Å². The first-order chi connectivity index (χ1) is 9.84. The summed E-state index contributed by atoms with van der Waals surface area (Å²) in [5, 5.41) is 11.7. The molecule has 0 bridgehead atoms. The van der Waals surface area contributed by atoms with E-state index in [0.717, 1.165) is 0 Å². The van der Waals surface area contributed by atoms with Crippen LogP contribution in [0, 0.1) is 0 Å². The lowest BCUT2D eigenvalue weighted by molar-refractivity contribution is -0.117. The van der Waals surface area contributed by atoms with Crippen LogP contribution in [-0.4, -0.2) is 29.8 Å². The Hall–Kier alpha value is -1.82. The fourth-order valence-electron chi connectivity index (χ4n) is 1.69. The number of allylic oxidation sites excluding steroid dienone is 1. The summed E-state index contributed by atoms with van der Waals surface area (Å²) in [6, 6.07) is 7.15. The van der Waals surface area contributed by atoms with Gasteiger partial charge in [0, 0.05) is 12.6 Å². The van der Waals surface area contributed by atoms with Crippen molar-refractivity contribution in [3.63, 3.8) is 0 Å². The molecule has 1 aromatic rings. The van der Waals surface area contributed by atoms with Crippen molar-refractivity contribution in [2.75, 3.05) is 6.54 Å². The molecule has 1 atom stereocenters. The molecule has 0 aliphatic rings. The smallest absolute Gasteiger partial charge is 0.393 e. The summed E-state index contributed by atoms with van der Waals surface area (Å²) >= 11 is 0. The fourth-order valence-corrected chi connectivity index (χ4v) is 1.69. The zero-order valence-corrected chi connectivity index (χ0v) is 11.7. The van der Waals surface area contributed by atoms with Gasteiger partial charge in [-0.1, -0.05) is 37.3 Å². The van der Waals surface area contributed by atoms with Crippen molar-refractivity contribution in [3.05, 3.63) is 42.0 Å². The van der Waals surface area contributed by atoms with Crippen LogP contribution in [0.5, 0.6) is 0 Å². The van der Waals surface area contributed by atoms with Gasteiger partial charge in [-0.05, 0) is 18.4 Å². The zero-order valence-electron chi connectivity index (χ0n) is 11.7.